The predicted octanol–water partition coefficient (Wildman–Crippen LogP) is 4.73. The number of ether oxygens (including phenoxy) is 1. The van der Waals surface area contributed by atoms with E-state index in [9.17, 15) is 14.0 Å². The zero-order valence-electron chi connectivity index (χ0n) is 14.6. The lowest BCUT2D eigenvalue weighted by Crippen LogP contribution is -2.27. The van der Waals surface area contributed by atoms with Crippen molar-refractivity contribution in [2.24, 2.45) is 0 Å². The van der Waals surface area contributed by atoms with Crippen LogP contribution in [0, 0.1) is 12.7 Å². The molecule has 0 radical (unpaired) electrons. The number of amides is 2. The minimum Gasteiger partial charge on any atom is -0.444 e. The highest BCUT2D eigenvalue weighted by Crippen LogP contribution is 2.17. The molecule has 0 aliphatic carbocycles. The number of aryl methyl sites for hydroxylation is 1. The molecule has 2 aromatic carbocycles. The summed E-state index contributed by atoms with van der Waals surface area (Å²) in [4.78, 5) is 23.9. The summed E-state index contributed by atoms with van der Waals surface area (Å²) in [5, 5.41) is 5.22. The predicted molar refractivity (Wildman–Crippen MR) is 95.4 cm³/mol. The second-order valence-corrected chi connectivity index (χ2v) is 6.64. The minimum atomic E-state index is -0.587. The van der Waals surface area contributed by atoms with Gasteiger partial charge in [-0.2, -0.15) is 0 Å². The minimum absolute atomic E-state index is 0.0176. The van der Waals surface area contributed by atoms with Crippen LogP contribution >= 0.6 is 0 Å². The van der Waals surface area contributed by atoms with Crippen LogP contribution in [-0.4, -0.2) is 17.6 Å². The van der Waals surface area contributed by atoms with Gasteiger partial charge in [-0.15, -0.1) is 0 Å². The highest BCUT2D eigenvalue weighted by Gasteiger charge is 2.16. The SMILES string of the molecule is Cc1ccc(F)c(C(=O)Nc2ccc(NC(=O)OC(C)(C)C)cc2)c1. The molecule has 0 aliphatic heterocycles. The maximum atomic E-state index is 13.7. The molecule has 0 bridgehead atoms. The van der Waals surface area contributed by atoms with E-state index < -0.39 is 23.4 Å². The van der Waals surface area contributed by atoms with Gasteiger partial charge in [-0.1, -0.05) is 11.6 Å². The first-order chi connectivity index (χ1) is 11.6. The number of carbonyl (C=O) groups is 2. The average Bonchev–Trinajstić information content (AvgIpc) is 2.49. The first kappa shape index (κ1) is 18.4. The maximum absolute atomic E-state index is 13.7. The van der Waals surface area contributed by atoms with Crippen molar-refractivity contribution in [1.82, 2.24) is 0 Å². The normalized spacial score (nSPS) is 10.9. The maximum Gasteiger partial charge on any atom is 0.412 e. The van der Waals surface area contributed by atoms with E-state index in [-0.39, 0.29) is 5.56 Å². The summed E-state index contributed by atoms with van der Waals surface area (Å²) < 4.78 is 18.9. The van der Waals surface area contributed by atoms with E-state index in [0.717, 1.165) is 5.56 Å². The number of hydrogen-bond acceptors (Lipinski definition) is 3. The number of carbonyl (C=O) groups excluding carboxylic acids is 2. The van der Waals surface area contributed by atoms with Crippen LogP contribution in [0.2, 0.25) is 0 Å². The fraction of sp³-hybridized carbons (Fsp3) is 0.263. The lowest BCUT2D eigenvalue weighted by atomic mass is 10.1. The molecule has 2 amide bonds. The lowest BCUT2D eigenvalue weighted by Gasteiger charge is -2.19. The van der Waals surface area contributed by atoms with Gasteiger partial charge in [-0.05, 0) is 64.1 Å². The Morgan fingerprint density at radius 1 is 0.960 bits per heavy atom. The standard InChI is InChI=1S/C19H21FN2O3/c1-12-5-10-16(20)15(11-12)17(23)21-13-6-8-14(9-7-13)22-18(24)25-19(2,3)4/h5-11H,1-4H3,(H,21,23)(H,22,24). The molecule has 6 heteroatoms. The van der Waals surface area contributed by atoms with Crippen LogP contribution in [0.3, 0.4) is 0 Å². The van der Waals surface area contributed by atoms with Gasteiger partial charge in [0.05, 0.1) is 5.56 Å². The number of hydrogen-bond donors (Lipinski definition) is 2. The van der Waals surface area contributed by atoms with Gasteiger partial charge in [0.25, 0.3) is 5.91 Å². The molecule has 2 aromatic rings. The fourth-order valence-electron chi connectivity index (χ4n) is 2.07. The average molecular weight is 344 g/mol. The van der Waals surface area contributed by atoms with Crippen LogP contribution in [0.25, 0.3) is 0 Å². The van der Waals surface area contributed by atoms with E-state index >= 15 is 0 Å². The Bertz CT molecular complexity index is 780. The van der Waals surface area contributed by atoms with Crippen LogP contribution in [0.5, 0.6) is 0 Å². The molecule has 0 heterocycles. The zero-order valence-corrected chi connectivity index (χ0v) is 14.6. The van der Waals surface area contributed by atoms with E-state index in [1.165, 1.54) is 12.1 Å². The van der Waals surface area contributed by atoms with E-state index in [2.05, 4.69) is 10.6 Å². The van der Waals surface area contributed by atoms with E-state index in [0.29, 0.717) is 11.4 Å². The molecule has 0 fully saturated rings. The first-order valence-corrected chi connectivity index (χ1v) is 7.81. The highest BCUT2D eigenvalue weighted by atomic mass is 19.1. The Morgan fingerprint density at radius 2 is 1.52 bits per heavy atom. The monoisotopic (exact) mass is 344 g/mol. The van der Waals surface area contributed by atoms with E-state index in [1.54, 1.807) is 58.0 Å². The fourth-order valence-corrected chi connectivity index (χ4v) is 2.07. The summed E-state index contributed by atoms with van der Waals surface area (Å²) in [5.74, 6) is -1.11. The smallest absolute Gasteiger partial charge is 0.412 e. The summed E-state index contributed by atoms with van der Waals surface area (Å²) in [5.41, 5.74) is 1.20. The molecule has 0 saturated heterocycles. The molecule has 2 rings (SSSR count). The quantitative estimate of drug-likeness (QED) is 0.845. The van der Waals surface area contributed by atoms with Crippen molar-refractivity contribution in [3.8, 4) is 0 Å². The van der Waals surface area contributed by atoms with Crippen LogP contribution in [0.4, 0.5) is 20.6 Å². The Kier molecular flexibility index (Phi) is 5.41. The van der Waals surface area contributed by atoms with Crippen LogP contribution < -0.4 is 10.6 Å². The van der Waals surface area contributed by atoms with Gasteiger partial charge in [0.1, 0.15) is 11.4 Å². The first-order valence-electron chi connectivity index (χ1n) is 7.81. The van der Waals surface area contributed by atoms with Crippen molar-refractivity contribution in [2.75, 3.05) is 10.6 Å². The summed E-state index contributed by atoms with van der Waals surface area (Å²) >= 11 is 0. The molecular weight excluding hydrogens is 323 g/mol. The van der Waals surface area contributed by atoms with Gasteiger partial charge in [0.15, 0.2) is 0 Å². The van der Waals surface area contributed by atoms with Crippen molar-refractivity contribution in [1.29, 1.82) is 0 Å². The molecule has 0 aromatic heterocycles. The molecule has 0 aliphatic rings. The number of rotatable bonds is 3. The molecule has 0 spiro atoms. The van der Waals surface area contributed by atoms with Crippen molar-refractivity contribution in [3.05, 3.63) is 59.4 Å². The van der Waals surface area contributed by atoms with Gasteiger partial charge < -0.3 is 10.1 Å². The second kappa shape index (κ2) is 7.34. The van der Waals surface area contributed by atoms with E-state index in [1.807, 2.05) is 0 Å². The largest absolute Gasteiger partial charge is 0.444 e. The van der Waals surface area contributed by atoms with Crippen molar-refractivity contribution in [2.45, 2.75) is 33.3 Å². The number of nitrogens with one attached hydrogen (secondary N) is 2. The zero-order chi connectivity index (χ0) is 18.6. The van der Waals surface area contributed by atoms with Gasteiger partial charge >= 0.3 is 6.09 Å². The molecule has 5 nitrogen and oxygen atoms in total. The van der Waals surface area contributed by atoms with Gasteiger partial charge in [-0.3, -0.25) is 10.1 Å². The van der Waals surface area contributed by atoms with Crippen LogP contribution in [0.1, 0.15) is 36.7 Å². The number of halogens is 1. The third kappa shape index (κ3) is 5.60. The Hall–Kier alpha value is -2.89. The Balaban J connectivity index is 2.01. The summed E-state index contributed by atoms with van der Waals surface area (Å²) in [6, 6.07) is 10.8. The molecule has 25 heavy (non-hydrogen) atoms. The summed E-state index contributed by atoms with van der Waals surface area (Å²) in [7, 11) is 0. The molecule has 0 unspecified atom stereocenters. The second-order valence-electron chi connectivity index (χ2n) is 6.64. The molecule has 0 atom stereocenters. The highest BCUT2D eigenvalue weighted by molar-refractivity contribution is 6.04. The van der Waals surface area contributed by atoms with Crippen LogP contribution in [-0.2, 0) is 4.74 Å². The number of anilines is 2. The third-order valence-corrected chi connectivity index (χ3v) is 3.15. The summed E-state index contributed by atoms with van der Waals surface area (Å²) in [6.45, 7) is 7.11. The Morgan fingerprint density at radius 3 is 2.08 bits per heavy atom. The van der Waals surface area contributed by atoms with Gasteiger partial charge in [0, 0.05) is 11.4 Å². The Labute approximate surface area is 146 Å². The topological polar surface area (TPSA) is 67.4 Å². The third-order valence-electron chi connectivity index (χ3n) is 3.15. The van der Waals surface area contributed by atoms with E-state index in [4.69, 9.17) is 4.74 Å². The number of benzene rings is 2. The van der Waals surface area contributed by atoms with Crippen molar-refractivity contribution >= 4 is 23.4 Å². The summed E-state index contributed by atoms with van der Waals surface area (Å²) in [6.07, 6.45) is -0.564. The van der Waals surface area contributed by atoms with Crippen LogP contribution in [0.15, 0.2) is 42.5 Å². The van der Waals surface area contributed by atoms with Crippen molar-refractivity contribution < 1.29 is 18.7 Å². The van der Waals surface area contributed by atoms with Gasteiger partial charge in [-0.25, -0.2) is 9.18 Å². The van der Waals surface area contributed by atoms with Gasteiger partial charge in [0.2, 0.25) is 0 Å². The molecule has 2 N–H and O–H groups in total. The molecule has 132 valence electrons. The molecular formula is C19H21FN2O3. The van der Waals surface area contributed by atoms with Crippen molar-refractivity contribution in [3.63, 3.8) is 0 Å². The lowest BCUT2D eigenvalue weighted by molar-refractivity contribution is 0.0635. The molecule has 0 saturated carbocycles.